The Labute approximate surface area is 170 Å². The molecule has 3 heterocycles. The normalized spacial score (nSPS) is 16.3. The van der Waals surface area contributed by atoms with Crippen molar-refractivity contribution in [1.29, 1.82) is 0 Å². The highest BCUT2D eigenvalue weighted by Crippen LogP contribution is 2.30. The number of ether oxygens (including phenoxy) is 2. The average Bonchev–Trinajstić information content (AvgIpc) is 3.31. The van der Waals surface area contributed by atoms with Gasteiger partial charge in [0.2, 0.25) is 5.91 Å². The van der Waals surface area contributed by atoms with Crippen LogP contribution in [0.3, 0.4) is 0 Å². The SMILES string of the molecule is COc1cccc(CC(=O)Nc2ncnc3c2c(C)c(C)n3CC2CCCO2)c1. The molecule has 1 unspecified atom stereocenters. The number of hydrogen-bond donors (Lipinski definition) is 1. The van der Waals surface area contributed by atoms with Crippen molar-refractivity contribution in [3.05, 3.63) is 47.4 Å². The zero-order valence-corrected chi connectivity index (χ0v) is 17.1. The summed E-state index contributed by atoms with van der Waals surface area (Å²) in [5.74, 6) is 1.16. The number of fused-ring (bicyclic) bond motifs is 1. The lowest BCUT2D eigenvalue weighted by atomic mass is 10.1. The summed E-state index contributed by atoms with van der Waals surface area (Å²) in [6, 6.07) is 7.51. The van der Waals surface area contributed by atoms with Crippen LogP contribution in [0.25, 0.3) is 11.0 Å². The van der Waals surface area contributed by atoms with Gasteiger partial charge < -0.3 is 19.4 Å². The molecule has 3 aromatic rings. The van der Waals surface area contributed by atoms with Gasteiger partial charge in [-0.1, -0.05) is 12.1 Å². The van der Waals surface area contributed by atoms with Crippen molar-refractivity contribution in [3.8, 4) is 5.75 Å². The molecule has 1 amide bonds. The van der Waals surface area contributed by atoms with Crippen LogP contribution < -0.4 is 10.1 Å². The highest BCUT2D eigenvalue weighted by molar-refractivity contribution is 6.01. The van der Waals surface area contributed by atoms with E-state index in [2.05, 4.69) is 26.8 Å². The van der Waals surface area contributed by atoms with E-state index in [0.29, 0.717) is 5.82 Å². The Morgan fingerprint density at radius 3 is 2.97 bits per heavy atom. The van der Waals surface area contributed by atoms with Crippen molar-refractivity contribution >= 4 is 22.8 Å². The molecule has 0 bridgehead atoms. The van der Waals surface area contributed by atoms with Crippen LogP contribution in [0, 0.1) is 13.8 Å². The van der Waals surface area contributed by atoms with Crippen LogP contribution in [0.15, 0.2) is 30.6 Å². The van der Waals surface area contributed by atoms with Gasteiger partial charge in [0.25, 0.3) is 0 Å². The number of aromatic nitrogens is 3. The molecule has 1 saturated heterocycles. The molecular weight excluding hydrogens is 368 g/mol. The summed E-state index contributed by atoms with van der Waals surface area (Å²) in [6.45, 7) is 5.71. The Balaban J connectivity index is 1.59. The minimum absolute atomic E-state index is 0.123. The lowest BCUT2D eigenvalue weighted by Gasteiger charge is -2.13. The number of aryl methyl sites for hydroxylation is 1. The van der Waals surface area contributed by atoms with Crippen LogP contribution in [-0.4, -0.2) is 40.3 Å². The lowest BCUT2D eigenvalue weighted by molar-refractivity contribution is -0.115. The second-order valence-corrected chi connectivity index (χ2v) is 7.45. The Morgan fingerprint density at radius 1 is 1.34 bits per heavy atom. The fourth-order valence-electron chi connectivity index (χ4n) is 3.92. The molecule has 0 aliphatic carbocycles. The maximum Gasteiger partial charge on any atom is 0.229 e. The Kier molecular flexibility index (Phi) is 5.49. The number of benzene rings is 1. The predicted octanol–water partition coefficient (Wildman–Crippen LogP) is 3.42. The summed E-state index contributed by atoms with van der Waals surface area (Å²) >= 11 is 0. The molecule has 0 radical (unpaired) electrons. The molecule has 152 valence electrons. The van der Waals surface area contributed by atoms with Crippen LogP contribution in [-0.2, 0) is 22.5 Å². The zero-order chi connectivity index (χ0) is 20.4. The zero-order valence-electron chi connectivity index (χ0n) is 17.1. The average molecular weight is 394 g/mol. The molecule has 1 fully saturated rings. The summed E-state index contributed by atoms with van der Waals surface area (Å²) in [4.78, 5) is 21.5. The molecule has 29 heavy (non-hydrogen) atoms. The molecule has 0 saturated carbocycles. The van der Waals surface area contributed by atoms with Crippen molar-refractivity contribution in [3.63, 3.8) is 0 Å². The smallest absolute Gasteiger partial charge is 0.229 e. The van der Waals surface area contributed by atoms with Crippen molar-refractivity contribution in [2.24, 2.45) is 0 Å². The van der Waals surface area contributed by atoms with E-state index in [4.69, 9.17) is 9.47 Å². The van der Waals surface area contributed by atoms with E-state index >= 15 is 0 Å². The van der Waals surface area contributed by atoms with Gasteiger partial charge in [0, 0.05) is 12.3 Å². The molecule has 7 heteroatoms. The topological polar surface area (TPSA) is 78.3 Å². The third-order valence-corrected chi connectivity index (χ3v) is 5.57. The minimum atomic E-state index is -0.123. The van der Waals surface area contributed by atoms with Crippen LogP contribution in [0.2, 0.25) is 0 Å². The maximum atomic E-state index is 12.7. The molecule has 2 aromatic heterocycles. The standard InChI is InChI=1S/C22H26N4O3/c1-14-15(2)26(12-18-8-5-9-29-18)22-20(14)21(23-13-24-22)25-19(27)11-16-6-4-7-17(10-16)28-3/h4,6-7,10,13,18H,5,8-9,11-12H2,1-3H3,(H,23,24,25,27). The fourth-order valence-corrected chi connectivity index (χ4v) is 3.92. The maximum absolute atomic E-state index is 12.7. The van der Waals surface area contributed by atoms with E-state index in [1.165, 1.54) is 6.33 Å². The van der Waals surface area contributed by atoms with Gasteiger partial charge in [0.1, 0.15) is 23.5 Å². The number of amides is 1. The van der Waals surface area contributed by atoms with E-state index in [1.54, 1.807) is 7.11 Å². The Bertz CT molecular complexity index is 1040. The highest BCUT2D eigenvalue weighted by atomic mass is 16.5. The first-order chi connectivity index (χ1) is 14.1. The number of hydrogen-bond acceptors (Lipinski definition) is 5. The second-order valence-electron chi connectivity index (χ2n) is 7.45. The number of anilines is 1. The van der Waals surface area contributed by atoms with Crippen LogP contribution in [0.1, 0.15) is 29.7 Å². The first kappa shape index (κ1) is 19.4. The molecule has 4 rings (SSSR count). The monoisotopic (exact) mass is 394 g/mol. The van der Waals surface area contributed by atoms with Gasteiger partial charge in [-0.15, -0.1) is 0 Å². The fraction of sp³-hybridized carbons (Fsp3) is 0.409. The van der Waals surface area contributed by atoms with E-state index in [9.17, 15) is 4.79 Å². The third-order valence-electron chi connectivity index (χ3n) is 5.57. The number of nitrogens with zero attached hydrogens (tertiary/aromatic N) is 3. The molecule has 1 atom stereocenters. The first-order valence-corrected chi connectivity index (χ1v) is 9.91. The summed E-state index contributed by atoms with van der Waals surface area (Å²) in [5.41, 5.74) is 3.92. The molecular formula is C22H26N4O3. The van der Waals surface area contributed by atoms with Crippen molar-refractivity contribution in [1.82, 2.24) is 14.5 Å². The van der Waals surface area contributed by atoms with E-state index in [-0.39, 0.29) is 18.4 Å². The Hall–Kier alpha value is -2.93. The molecule has 1 aliphatic rings. The van der Waals surface area contributed by atoms with Crippen LogP contribution in [0.4, 0.5) is 5.82 Å². The lowest BCUT2D eigenvalue weighted by Crippen LogP contribution is -2.17. The highest BCUT2D eigenvalue weighted by Gasteiger charge is 2.22. The van der Waals surface area contributed by atoms with E-state index in [0.717, 1.165) is 59.6 Å². The van der Waals surface area contributed by atoms with Crippen molar-refractivity contribution in [2.75, 3.05) is 19.0 Å². The molecule has 1 N–H and O–H groups in total. The largest absolute Gasteiger partial charge is 0.497 e. The second kappa shape index (κ2) is 8.21. The summed E-state index contributed by atoms with van der Waals surface area (Å²) in [5, 5.41) is 3.86. The summed E-state index contributed by atoms with van der Waals surface area (Å²) in [7, 11) is 1.61. The van der Waals surface area contributed by atoms with Crippen molar-refractivity contribution in [2.45, 2.75) is 45.8 Å². The van der Waals surface area contributed by atoms with Gasteiger partial charge in [0.05, 0.1) is 31.6 Å². The number of carbonyl (C=O) groups is 1. The quantitative estimate of drug-likeness (QED) is 0.693. The first-order valence-electron chi connectivity index (χ1n) is 9.91. The van der Waals surface area contributed by atoms with Gasteiger partial charge in [-0.3, -0.25) is 4.79 Å². The van der Waals surface area contributed by atoms with Gasteiger partial charge >= 0.3 is 0 Å². The molecule has 1 aliphatic heterocycles. The minimum Gasteiger partial charge on any atom is -0.497 e. The van der Waals surface area contributed by atoms with Crippen LogP contribution in [0.5, 0.6) is 5.75 Å². The predicted molar refractivity (Wildman–Crippen MR) is 111 cm³/mol. The third kappa shape index (κ3) is 3.96. The van der Waals surface area contributed by atoms with Gasteiger partial charge in [-0.2, -0.15) is 0 Å². The van der Waals surface area contributed by atoms with E-state index in [1.807, 2.05) is 31.2 Å². The number of nitrogens with one attached hydrogen (secondary N) is 1. The number of rotatable bonds is 6. The number of methoxy groups -OCH3 is 1. The van der Waals surface area contributed by atoms with E-state index < -0.39 is 0 Å². The van der Waals surface area contributed by atoms with Gasteiger partial charge in [-0.05, 0) is 49.9 Å². The summed E-state index contributed by atoms with van der Waals surface area (Å²) in [6.07, 6.45) is 4.13. The number of carbonyl (C=O) groups excluding carboxylic acids is 1. The molecule has 7 nitrogen and oxygen atoms in total. The molecule has 0 spiro atoms. The van der Waals surface area contributed by atoms with Gasteiger partial charge in [-0.25, -0.2) is 9.97 Å². The molecule has 1 aromatic carbocycles. The van der Waals surface area contributed by atoms with Gasteiger partial charge in [0.15, 0.2) is 0 Å². The van der Waals surface area contributed by atoms with Crippen molar-refractivity contribution < 1.29 is 14.3 Å². The van der Waals surface area contributed by atoms with Crippen LogP contribution >= 0.6 is 0 Å². The summed E-state index contributed by atoms with van der Waals surface area (Å²) < 4.78 is 13.2. The Morgan fingerprint density at radius 2 is 2.21 bits per heavy atom.